The molecular weight excluding hydrogens is 220 g/mol. The first-order chi connectivity index (χ1) is 7.59. The van der Waals surface area contributed by atoms with E-state index in [1.54, 1.807) is 13.0 Å². The molecule has 0 fully saturated rings. The number of hydrogen-bond acceptors (Lipinski definition) is 1. The van der Waals surface area contributed by atoms with E-state index in [-0.39, 0.29) is 5.78 Å². The van der Waals surface area contributed by atoms with Gasteiger partial charge in [-0.25, -0.2) is 0 Å². The maximum atomic E-state index is 11.6. The van der Waals surface area contributed by atoms with E-state index in [4.69, 9.17) is 11.6 Å². The van der Waals surface area contributed by atoms with Gasteiger partial charge in [0, 0.05) is 10.6 Å². The minimum Gasteiger partial charge on any atom is -0.294 e. The number of carbonyl (C=O) groups is 1. The molecule has 1 nitrogen and oxygen atoms in total. The molecule has 1 aromatic carbocycles. The van der Waals surface area contributed by atoms with Crippen LogP contribution in [0, 0.1) is 0 Å². The van der Waals surface area contributed by atoms with Crippen molar-refractivity contribution >= 4 is 23.0 Å². The zero-order valence-electron chi connectivity index (χ0n) is 9.38. The predicted octanol–water partition coefficient (Wildman–Crippen LogP) is 4.28. The van der Waals surface area contributed by atoms with Crippen LogP contribution in [0.1, 0.15) is 36.2 Å². The standard InChI is InChI=1S/C14H13ClO/c1-9-4-3-5-12(9)13-7-6-11(15)8-14(13)10(2)16/h3-4,6-8H,5H2,1-2H3. The fourth-order valence-corrected chi connectivity index (χ4v) is 2.18. The number of allylic oxidation sites excluding steroid dienone is 4. The Morgan fingerprint density at radius 1 is 1.38 bits per heavy atom. The summed E-state index contributed by atoms with van der Waals surface area (Å²) in [5, 5.41) is 0.609. The maximum Gasteiger partial charge on any atom is 0.160 e. The van der Waals surface area contributed by atoms with Crippen LogP contribution in [0.25, 0.3) is 5.57 Å². The molecule has 2 heteroatoms. The van der Waals surface area contributed by atoms with Gasteiger partial charge >= 0.3 is 0 Å². The van der Waals surface area contributed by atoms with Crippen molar-refractivity contribution in [2.24, 2.45) is 0 Å². The second-order valence-corrected chi connectivity index (χ2v) is 4.45. The molecule has 0 saturated heterocycles. The van der Waals surface area contributed by atoms with Crippen LogP contribution in [0.2, 0.25) is 5.02 Å². The van der Waals surface area contributed by atoms with Crippen LogP contribution in [0.5, 0.6) is 0 Å². The van der Waals surface area contributed by atoms with Crippen molar-refractivity contribution < 1.29 is 4.79 Å². The van der Waals surface area contributed by atoms with E-state index in [1.165, 1.54) is 11.1 Å². The summed E-state index contributed by atoms with van der Waals surface area (Å²) in [5.74, 6) is 0.0599. The van der Waals surface area contributed by atoms with Gasteiger partial charge in [-0.2, -0.15) is 0 Å². The molecule has 0 radical (unpaired) electrons. The lowest BCUT2D eigenvalue weighted by Gasteiger charge is -2.10. The number of benzene rings is 1. The third kappa shape index (κ3) is 1.96. The minimum atomic E-state index is 0.0599. The molecule has 0 atom stereocenters. The van der Waals surface area contributed by atoms with Gasteiger partial charge in [0.15, 0.2) is 5.78 Å². The van der Waals surface area contributed by atoms with Crippen molar-refractivity contribution in [1.29, 1.82) is 0 Å². The molecule has 1 aromatic rings. The highest BCUT2D eigenvalue weighted by Crippen LogP contribution is 2.32. The van der Waals surface area contributed by atoms with Gasteiger partial charge in [-0.3, -0.25) is 4.79 Å². The monoisotopic (exact) mass is 232 g/mol. The Morgan fingerprint density at radius 2 is 2.12 bits per heavy atom. The molecule has 0 saturated carbocycles. The van der Waals surface area contributed by atoms with Crippen LogP contribution in [-0.4, -0.2) is 5.78 Å². The average molecular weight is 233 g/mol. The van der Waals surface area contributed by atoms with Gasteiger partial charge in [-0.15, -0.1) is 0 Å². The molecule has 0 heterocycles. The van der Waals surface area contributed by atoms with Gasteiger partial charge < -0.3 is 0 Å². The molecule has 1 aliphatic carbocycles. The fourth-order valence-electron chi connectivity index (χ4n) is 2.01. The third-order valence-corrected chi connectivity index (χ3v) is 3.09. The van der Waals surface area contributed by atoms with Crippen LogP contribution in [0.15, 0.2) is 35.9 Å². The van der Waals surface area contributed by atoms with Gasteiger partial charge in [0.25, 0.3) is 0 Å². The van der Waals surface area contributed by atoms with Crippen LogP contribution < -0.4 is 0 Å². The third-order valence-electron chi connectivity index (χ3n) is 2.85. The topological polar surface area (TPSA) is 17.1 Å². The summed E-state index contributed by atoms with van der Waals surface area (Å²) in [6, 6.07) is 5.52. The average Bonchev–Trinajstić information content (AvgIpc) is 2.64. The first-order valence-electron chi connectivity index (χ1n) is 5.26. The molecule has 0 spiro atoms. The van der Waals surface area contributed by atoms with Crippen molar-refractivity contribution in [3.63, 3.8) is 0 Å². The highest BCUT2D eigenvalue weighted by Gasteiger charge is 2.14. The van der Waals surface area contributed by atoms with E-state index in [2.05, 4.69) is 19.1 Å². The summed E-state index contributed by atoms with van der Waals surface area (Å²) in [7, 11) is 0. The number of carbonyl (C=O) groups excluding carboxylic acids is 1. The number of hydrogen-bond donors (Lipinski definition) is 0. The largest absolute Gasteiger partial charge is 0.294 e. The Kier molecular flexibility index (Phi) is 2.97. The number of Topliss-reactive ketones (excluding diaryl/α,β-unsaturated/α-hetero) is 1. The summed E-state index contributed by atoms with van der Waals surface area (Å²) < 4.78 is 0. The molecule has 0 aliphatic heterocycles. The second kappa shape index (κ2) is 4.26. The van der Waals surface area contributed by atoms with E-state index >= 15 is 0 Å². The van der Waals surface area contributed by atoms with E-state index in [9.17, 15) is 4.79 Å². The van der Waals surface area contributed by atoms with Gasteiger partial charge in [0.2, 0.25) is 0 Å². The summed E-state index contributed by atoms with van der Waals surface area (Å²) in [4.78, 5) is 11.6. The minimum absolute atomic E-state index is 0.0599. The molecule has 0 unspecified atom stereocenters. The second-order valence-electron chi connectivity index (χ2n) is 4.01. The highest BCUT2D eigenvalue weighted by atomic mass is 35.5. The van der Waals surface area contributed by atoms with Crippen molar-refractivity contribution in [1.82, 2.24) is 0 Å². The molecular formula is C14H13ClO. The summed E-state index contributed by atoms with van der Waals surface area (Å²) in [6.07, 6.45) is 5.10. The van der Waals surface area contributed by atoms with E-state index < -0.39 is 0 Å². The van der Waals surface area contributed by atoms with Gasteiger partial charge in [-0.05, 0) is 49.1 Å². The Labute approximate surface area is 100 Å². The predicted molar refractivity (Wildman–Crippen MR) is 67.8 cm³/mol. The van der Waals surface area contributed by atoms with Gasteiger partial charge in [-0.1, -0.05) is 29.8 Å². The van der Waals surface area contributed by atoms with Crippen LogP contribution in [0.3, 0.4) is 0 Å². The molecule has 0 amide bonds. The summed E-state index contributed by atoms with van der Waals surface area (Å²) in [5.41, 5.74) is 4.18. The molecule has 16 heavy (non-hydrogen) atoms. The smallest absolute Gasteiger partial charge is 0.160 e. The van der Waals surface area contributed by atoms with Crippen molar-refractivity contribution in [3.8, 4) is 0 Å². The Bertz CT molecular complexity index is 509. The molecule has 0 bridgehead atoms. The Morgan fingerprint density at radius 3 is 2.69 bits per heavy atom. The Hall–Kier alpha value is -1.34. The van der Waals surface area contributed by atoms with Crippen molar-refractivity contribution in [3.05, 3.63) is 52.1 Å². The number of rotatable bonds is 2. The molecule has 2 rings (SSSR count). The van der Waals surface area contributed by atoms with E-state index in [1.807, 2.05) is 12.1 Å². The van der Waals surface area contributed by atoms with E-state index in [0.29, 0.717) is 10.6 Å². The van der Waals surface area contributed by atoms with Crippen molar-refractivity contribution in [2.75, 3.05) is 0 Å². The van der Waals surface area contributed by atoms with E-state index in [0.717, 1.165) is 12.0 Å². The lowest BCUT2D eigenvalue weighted by molar-refractivity contribution is 0.101. The maximum absolute atomic E-state index is 11.6. The zero-order valence-corrected chi connectivity index (χ0v) is 10.1. The lowest BCUT2D eigenvalue weighted by Crippen LogP contribution is -1.99. The lowest BCUT2D eigenvalue weighted by atomic mass is 9.95. The molecule has 0 N–H and O–H groups in total. The van der Waals surface area contributed by atoms with Crippen LogP contribution >= 0.6 is 11.6 Å². The SMILES string of the molecule is CC(=O)c1cc(Cl)ccc1C1=C(C)C=CC1. The highest BCUT2D eigenvalue weighted by molar-refractivity contribution is 6.31. The quantitative estimate of drug-likeness (QED) is 0.696. The fraction of sp³-hybridized carbons (Fsp3) is 0.214. The molecule has 82 valence electrons. The first-order valence-corrected chi connectivity index (χ1v) is 5.64. The zero-order chi connectivity index (χ0) is 11.7. The first kappa shape index (κ1) is 11.2. The van der Waals surface area contributed by atoms with Gasteiger partial charge in [0.1, 0.15) is 0 Å². The van der Waals surface area contributed by atoms with Gasteiger partial charge in [0.05, 0.1) is 0 Å². The normalized spacial score (nSPS) is 14.7. The van der Waals surface area contributed by atoms with Crippen LogP contribution in [-0.2, 0) is 0 Å². The van der Waals surface area contributed by atoms with Crippen LogP contribution in [0.4, 0.5) is 0 Å². The number of halogens is 1. The summed E-state index contributed by atoms with van der Waals surface area (Å²) in [6.45, 7) is 3.64. The Balaban J connectivity index is 2.57. The summed E-state index contributed by atoms with van der Waals surface area (Å²) >= 11 is 5.92. The number of ketones is 1. The van der Waals surface area contributed by atoms with Crippen molar-refractivity contribution in [2.45, 2.75) is 20.3 Å². The molecule has 0 aromatic heterocycles. The molecule has 1 aliphatic rings.